The van der Waals surface area contributed by atoms with Gasteiger partial charge in [-0.05, 0) is 0 Å². The van der Waals surface area contributed by atoms with Crippen LogP contribution >= 0.6 is 0 Å². The molecule has 9 nitrogen and oxygen atoms in total. The lowest BCUT2D eigenvalue weighted by Crippen LogP contribution is -2.59. The van der Waals surface area contributed by atoms with Gasteiger partial charge in [0.2, 0.25) is 0 Å². The molecule has 0 amide bonds. The van der Waals surface area contributed by atoms with Crippen molar-refractivity contribution in [2.24, 2.45) is 5.73 Å². The second kappa shape index (κ2) is 6.38. The molecule has 1 aliphatic heterocycles. The fourth-order valence-corrected chi connectivity index (χ4v) is 1.47. The molecule has 9 heteroatoms. The molecule has 0 spiro atoms. The Bertz CT molecular complexity index is 286. The molecule has 7 N–H and O–H groups in total. The van der Waals surface area contributed by atoms with Crippen LogP contribution in [-0.2, 0) is 14.3 Å². The smallest absolute Gasteiger partial charge is 0.322 e. The highest BCUT2D eigenvalue weighted by atomic mass is 16.7. The van der Waals surface area contributed by atoms with E-state index in [-0.39, 0.29) is 0 Å². The highest BCUT2D eigenvalue weighted by Crippen LogP contribution is 2.21. The Morgan fingerprint density at radius 3 is 2.39 bits per heavy atom. The van der Waals surface area contributed by atoms with E-state index in [0.717, 1.165) is 0 Å². The van der Waals surface area contributed by atoms with Crippen molar-refractivity contribution in [2.75, 3.05) is 13.2 Å². The van der Waals surface area contributed by atoms with Crippen LogP contribution in [0.5, 0.6) is 0 Å². The van der Waals surface area contributed by atoms with Crippen LogP contribution in [-0.4, -0.2) is 81.5 Å². The van der Waals surface area contributed by atoms with Gasteiger partial charge >= 0.3 is 5.97 Å². The van der Waals surface area contributed by atoms with Crippen molar-refractivity contribution in [1.29, 1.82) is 0 Å². The summed E-state index contributed by atoms with van der Waals surface area (Å²) >= 11 is 0. The number of hydrogen-bond donors (Lipinski definition) is 6. The van der Waals surface area contributed by atoms with Gasteiger partial charge in [-0.1, -0.05) is 0 Å². The Labute approximate surface area is 102 Å². The van der Waals surface area contributed by atoms with Crippen molar-refractivity contribution in [3.63, 3.8) is 0 Å². The molecular formula is C9H17NO8. The first-order valence-corrected chi connectivity index (χ1v) is 5.29. The van der Waals surface area contributed by atoms with E-state index in [4.69, 9.17) is 25.4 Å². The summed E-state index contributed by atoms with van der Waals surface area (Å²) in [4.78, 5) is 10.5. The van der Waals surface area contributed by atoms with E-state index in [1.807, 2.05) is 0 Å². The summed E-state index contributed by atoms with van der Waals surface area (Å²) in [7, 11) is 0. The first-order chi connectivity index (χ1) is 8.38. The van der Waals surface area contributed by atoms with Crippen LogP contribution in [0.2, 0.25) is 0 Å². The zero-order valence-corrected chi connectivity index (χ0v) is 9.42. The van der Waals surface area contributed by atoms with Crippen molar-refractivity contribution in [3.05, 3.63) is 0 Å². The minimum Gasteiger partial charge on any atom is -0.480 e. The number of carbonyl (C=O) groups is 1. The van der Waals surface area contributed by atoms with Gasteiger partial charge in [0.25, 0.3) is 0 Å². The first-order valence-electron chi connectivity index (χ1n) is 5.29. The topological polar surface area (TPSA) is 163 Å². The minimum atomic E-state index is -1.57. The summed E-state index contributed by atoms with van der Waals surface area (Å²) in [5.74, 6) is -1.29. The minimum absolute atomic E-state index is 0.446. The van der Waals surface area contributed by atoms with Crippen molar-refractivity contribution in [2.45, 2.75) is 36.7 Å². The average Bonchev–Trinajstić information content (AvgIpc) is 2.34. The van der Waals surface area contributed by atoms with E-state index in [1.54, 1.807) is 0 Å². The Balaban J connectivity index is 2.56. The van der Waals surface area contributed by atoms with Gasteiger partial charge in [0.15, 0.2) is 6.29 Å². The van der Waals surface area contributed by atoms with E-state index in [9.17, 15) is 20.1 Å². The highest BCUT2D eigenvalue weighted by Gasteiger charge is 2.44. The lowest BCUT2D eigenvalue weighted by atomic mass is 9.99. The second-order valence-corrected chi connectivity index (χ2v) is 3.98. The molecule has 1 saturated heterocycles. The summed E-state index contributed by atoms with van der Waals surface area (Å²) in [6, 6.07) is -1.31. The number of hydrogen-bond acceptors (Lipinski definition) is 8. The maximum Gasteiger partial charge on any atom is 0.322 e. The summed E-state index contributed by atoms with van der Waals surface area (Å²) in [5, 5.41) is 45.9. The molecule has 0 saturated carbocycles. The average molecular weight is 267 g/mol. The number of rotatable bonds is 5. The maximum atomic E-state index is 10.5. The Morgan fingerprint density at radius 1 is 1.28 bits per heavy atom. The number of carboxylic acids is 1. The number of aliphatic hydroxyl groups is 4. The van der Waals surface area contributed by atoms with Gasteiger partial charge in [-0.25, -0.2) is 0 Å². The summed E-state index contributed by atoms with van der Waals surface area (Å²) in [6.07, 6.45) is -7.09. The third-order valence-electron chi connectivity index (χ3n) is 2.61. The molecular weight excluding hydrogens is 250 g/mol. The normalized spacial score (nSPS) is 38.4. The van der Waals surface area contributed by atoms with Crippen LogP contribution in [0.25, 0.3) is 0 Å². The predicted molar refractivity (Wildman–Crippen MR) is 55.3 cm³/mol. The quantitative estimate of drug-likeness (QED) is 0.293. The zero-order valence-electron chi connectivity index (χ0n) is 9.42. The molecule has 0 bridgehead atoms. The van der Waals surface area contributed by atoms with Gasteiger partial charge in [-0.3, -0.25) is 4.79 Å². The van der Waals surface area contributed by atoms with Crippen LogP contribution in [0, 0.1) is 0 Å². The number of aliphatic carboxylic acids is 1. The molecule has 1 rings (SSSR count). The zero-order chi connectivity index (χ0) is 13.9. The maximum absolute atomic E-state index is 10.5. The molecule has 1 fully saturated rings. The Morgan fingerprint density at radius 2 is 1.89 bits per heavy atom. The Kier molecular flexibility index (Phi) is 5.41. The van der Waals surface area contributed by atoms with Crippen LogP contribution in [0.4, 0.5) is 0 Å². The van der Waals surface area contributed by atoms with Gasteiger partial charge in [0.1, 0.15) is 30.5 Å². The van der Waals surface area contributed by atoms with Gasteiger partial charge < -0.3 is 40.7 Å². The van der Waals surface area contributed by atoms with E-state index in [1.165, 1.54) is 0 Å². The third-order valence-corrected chi connectivity index (χ3v) is 2.61. The lowest BCUT2D eigenvalue weighted by Gasteiger charge is -2.39. The van der Waals surface area contributed by atoms with Crippen molar-refractivity contribution in [1.82, 2.24) is 0 Å². The lowest BCUT2D eigenvalue weighted by molar-refractivity contribution is -0.301. The van der Waals surface area contributed by atoms with Crippen molar-refractivity contribution < 1.29 is 39.8 Å². The fraction of sp³-hybridized carbons (Fsp3) is 0.889. The molecule has 0 radical (unpaired) electrons. The molecule has 0 aromatic carbocycles. The summed E-state index contributed by atoms with van der Waals surface area (Å²) < 4.78 is 9.89. The molecule has 6 atom stereocenters. The van der Waals surface area contributed by atoms with Crippen LogP contribution in [0.3, 0.4) is 0 Å². The van der Waals surface area contributed by atoms with Gasteiger partial charge in [0.05, 0.1) is 13.2 Å². The number of ether oxygens (including phenoxy) is 2. The summed E-state index contributed by atoms with van der Waals surface area (Å²) in [6.45, 7) is -1.03. The van der Waals surface area contributed by atoms with Gasteiger partial charge in [0, 0.05) is 0 Å². The first kappa shape index (κ1) is 15.2. The monoisotopic (exact) mass is 267 g/mol. The molecule has 0 aromatic heterocycles. The number of nitrogens with two attached hydrogens (primary N) is 1. The molecule has 0 aliphatic carbocycles. The van der Waals surface area contributed by atoms with Crippen LogP contribution in [0.1, 0.15) is 0 Å². The molecule has 1 heterocycles. The van der Waals surface area contributed by atoms with E-state index in [2.05, 4.69) is 0 Å². The summed E-state index contributed by atoms with van der Waals surface area (Å²) in [5.41, 5.74) is 5.19. The standard InChI is InChI=1S/C9H17NO8/c10-3(8(15)16)2-17-9-7(14)6(13)5(12)4(1-11)18-9/h3-7,9,11-14H,1-2,10H2,(H,15,16)/t3?,4-,5-,6+,7-,9-/m1/s1. The van der Waals surface area contributed by atoms with Crippen LogP contribution in [0.15, 0.2) is 0 Å². The molecule has 1 unspecified atom stereocenters. The fourth-order valence-electron chi connectivity index (χ4n) is 1.47. The van der Waals surface area contributed by atoms with Crippen molar-refractivity contribution >= 4 is 5.97 Å². The molecule has 1 aliphatic rings. The number of aliphatic hydroxyl groups excluding tert-OH is 4. The number of carboxylic acid groups (broad SMARTS) is 1. The predicted octanol–water partition coefficient (Wildman–Crippen LogP) is -3.79. The second-order valence-electron chi connectivity index (χ2n) is 3.98. The highest BCUT2D eigenvalue weighted by molar-refractivity contribution is 5.73. The molecule has 106 valence electrons. The third kappa shape index (κ3) is 3.36. The Hall–Kier alpha value is -0.810. The van der Waals surface area contributed by atoms with Gasteiger partial charge in [-0.15, -0.1) is 0 Å². The van der Waals surface area contributed by atoms with E-state index < -0.39 is 55.9 Å². The van der Waals surface area contributed by atoms with E-state index >= 15 is 0 Å². The molecule has 0 aromatic rings. The molecule has 18 heavy (non-hydrogen) atoms. The van der Waals surface area contributed by atoms with Crippen molar-refractivity contribution in [3.8, 4) is 0 Å². The SMILES string of the molecule is NC(CO[C@@H]1O[C@H](CO)[C@@H](O)[C@H](O)[C@H]1O)C(=O)O. The van der Waals surface area contributed by atoms with Crippen LogP contribution < -0.4 is 5.73 Å². The van der Waals surface area contributed by atoms with E-state index in [0.29, 0.717) is 0 Å². The largest absolute Gasteiger partial charge is 0.480 e. The van der Waals surface area contributed by atoms with Gasteiger partial charge in [-0.2, -0.15) is 0 Å².